The zero-order valence-corrected chi connectivity index (χ0v) is 11.1. The van der Waals surface area contributed by atoms with Crippen LogP contribution in [0.15, 0.2) is 26.8 Å². The van der Waals surface area contributed by atoms with Crippen LogP contribution in [0.5, 0.6) is 0 Å². The lowest BCUT2D eigenvalue weighted by atomic mass is 10.1. The van der Waals surface area contributed by atoms with Crippen molar-refractivity contribution < 1.29 is 4.42 Å². The van der Waals surface area contributed by atoms with Gasteiger partial charge in [-0.2, -0.15) is 0 Å². The Labute approximate surface area is 99.9 Å². The van der Waals surface area contributed by atoms with Crippen LogP contribution in [-0.4, -0.2) is 12.6 Å². The lowest BCUT2D eigenvalue weighted by Gasteiger charge is -2.13. The van der Waals surface area contributed by atoms with Gasteiger partial charge in [0, 0.05) is 6.04 Å². The van der Waals surface area contributed by atoms with E-state index in [0.29, 0.717) is 6.04 Å². The van der Waals surface area contributed by atoms with Crippen molar-refractivity contribution in [3.63, 3.8) is 0 Å². The summed E-state index contributed by atoms with van der Waals surface area (Å²) in [5.41, 5.74) is 1.28. The number of rotatable bonds is 5. The van der Waals surface area contributed by atoms with E-state index < -0.39 is 0 Å². The van der Waals surface area contributed by atoms with Gasteiger partial charge in [0.1, 0.15) is 5.76 Å². The number of halogens is 1. The molecule has 0 aliphatic carbocycles. The van der Waals surface area contributed by atoms with E-state index in [9.17, 15) is 0 Å². The molecule has 0 aromatic carbocycles. The lowest BCUT2D eigenvalue weighted by molar-refractivity contribution is 0.552. The largest absolute Gasteiger partial charge is 0.464 e. The van der Waals surface area contributed by atoms with Gasteiger partial charge >= 0.3 is 0 Å². The fraction of sp³-hybridized carbons (Fsp3) is 0.500. The Morgan fingerprint density at radius 3 is 2.93 bits per heavy atom. The van der Waals surface area contributed by atoms with Crippen LogP contribution in [0.25, 0.3) is 6.08 Å². The SMILES string of the molecule is CCCNC(C)/C(C)=C/c1occc1Br. The molecule has 1 atom stereocenters. The van der Waals surface area contributed by atoms with Crippen LogP contribution in [0.2, 0.25) is 0 Å². The maximum Gasteiger partial charge on any atom is 0.140 e. The second kappa shape index (κ2) is 6.13. The van der Waals surface area contributed by atoms with Crippen molar-refractivity contribution >= 4 is 22.0 Å². The van der Waals surface area contributed by atoms with E-state index >= 15 is 0 Å². The van der Waals surface area contributed by atoms with Gasteiger partial charge in [-0.05, 0) is 54.9 Å². The predicted molar refractivity (Wildman–Crippen MR) is 67.8 cm³/mol. The van der Waals surface area contributed by atoms with E-state index in [1.165, 1.54) is 5.57 Å². The van der Waals surface area contributed by atoms with Crippen molar-refractivity contribution in [3.8, 4) is 0 Å². The van der Waals surface area contributed by atoms with E-state index in [-0.39, 0.29) is 0 Å². The Hall–Kier alpha value is -0.540. The highest BCUT2D eigenvalue weighted by Gasteiger charge is 2.05. The summed E-state index contributed by atoms with van der Waals surface area (Å²) < 4.78 is 6.34. The first-order valence-corrected chi connectivity index (χ1v) is 6.09. The summed E-state index contributed by atoms with van der Waals surface area (Å²) in [6.45, 7) is 7.49. The van der Waals surface area contributed by atoms with Crippen LogP contribution in [-0.2, 0) is 0 Å². The van der Waals surface area contributed by atoms with Crippen molar-refractivity contribution in [2.24, 2.45) is 0 Å². The van der Waals surface area contributed by atoms with Crippen LogP contribution in [0.3, 0.4) is 0 Å². The minimum absolute atomic E-state index is 0.391. The molecule has 2 nitrogen and oxygen atoms in total. The maximum absolute atomic E-state index is 5.34. The molecule has 0 fully saturated rings. The number of nitrogens with one attached hydrogen (secondary N) is 1. The van der Waals surface area contributed by atoms with Gasteiger partial charge in [0.2, 0.25) is 0 Å². The van der Waals surface area contributed by atoms with Crippen molar-refractivity contribution in [3.05, 3.63) is 28.1 Å². The summed E-state index contributed by atoms with van der Waals surface area (Å²) in [6, 6.07) is 2.30. The summed E-state index contributed by atoms with van der Waals surface area (Å²) in [5.74, 6) is 0.887. The molecule has 0 radical (unpaired) electrons. The first-order chi connectivity index (χ1) is 7.15. The molecule has 0 bridgehead atoms. The van der Waals surface area contributed by atoms with Crippen LogP contribution in [0, 0.1) is 0 Å². The highest BCUT2D eigenvalue weighted by Crippen LogP contribution is 2.21. The molecule has 1 aromatic heterocycles. The number of hydrogen-bond donors (Lipinski definition) is 1. The maximum atomic E-state index is 5.34. The van der Waals surface area contributed by atoms with Crippen LogP contribution in [0.1, 0.15) is 33.0 Å². The molecule has 1 unspecified atom stereocenters. The molecule has 1 N–H and O–H groups in total. The molecule has 0 saturated carbocycles. The fourth-order valence-corrected chi connectivity index (χ4v) is 1.58. The Morgan fingerprint density at radius 1 is 1.67 bits per heavy atom. The predicted octanol–water partition coefficient (Wildman–Crippen LogP) is 3.83. The summed E-state index contributed by atoms with van der Waals surface area (Å²) in [5, 5.41) is 3.44. The monoisotopic (exact) mass is 271 g/mol. The van der Waals surface area contributed by atoms with Gasteiger partial charge in [-0.25, -0.2) is 0 Å². The van der Waals surface area contributed by atoms with E-state index in [1.807, 2.05) is 6.07 Å². The van der Waals surface area contributed by atoms with E-state index in [2.05, 4.69) is 48.1 Å². The van der Waals surface area contributed by atoms with Gasteiger partial charge in [0.25, 0.3) is 0 Å². The molecule has 0 aliphatic heterocycles. The number of hydrogen-bond acceptors (Lipinski definition) is 2. The Bertz CT molecular complexity index is 330. The smallest absolute Gasteiger partial charge is 0.140 e. The topological polar surface area (TPSA) is 25.2 Å². The third-order valence-corrected chi connectivity index (χ3v) is 3.04. The molecule has 0 spiro atoms. The van der Waals surface area contributed by atoms with Crippen molar-refractivity contribution in [1.82, 2.24) is 5.32 Å². The van der Waals surface area contributed by atoms with E-state index in [1.54, 1.807) is 6.26 Å². The summed E-state index contributed by atoms with van der Waals surface area (Å²) >= 11 is 3.44. The van der Waals surface area contributed by atoms with Crippen molar-refractivity contribution in [2.45, 2.75) is 33.2 Å². The summed E-state index contributed by atoms with van der Waals surface area (Å²) in [4.78, 5) is 0. The van der Waals surface area contributed by atoms with Gasteiger partial charge in [0.05, 0.1) is 10.7 Å². The zero-order chi connectivity index (χ0) is 11.3. The molecule has 0 saturated heterocycles. The Kier molecular flexibility index (Phi) is 5.12. The van der Waals surface area contributed by atoms with Crippen molar-refractivity contribution in [2.75, 3.05) is 6.54 Å². The molecule has 0 amide bonds. The molecule has 3 heteroatoms. The normalized spacial score (nSPS) is 14.3. The standard InChI is InChI=1S/C12H18BrNO/c1-4-6-14-10(3)9(2)8-12-11(13)5-7-15-12/h5,7-8,10,14H,4,6H2,1-3H3/b9-8+. The lowest BCUT2D eigenvalue weighted by Crippen LogP contribution is -2.27. The molecule has 1 rings (SSSR count). The van der Waals surface area contributed by atoms with Gasteiger partial charge in [-0.15, -0.1) is 0 Å². The third-order valence-electron chi connectivity index (χ3n) is 2.39. The van der Waals surface area contributed by atoms with Crippen LogP contribution < -0.4 is 5.32 Å². The van der Waals surface area contributed by atoms with Gasteiger partial charge in [0.15, 0.2) is 0 Å². The van der Waals surface area contributed by atoms with Crippen LogP contribution >= 0.6 is 15.9 Å². The molecule has 84 valence electrons. The second-order valence-corrected chi connectivity index (χ2v) is 4.55. The Balaban J connectivity index is 2.63. The van der Waals surface area contributed by atoms with Gasteiger partial charge in [-0.3, -0.25) is 0 Å². The highest BCUT2D eigenvalue weighted by molar-refractivity contribution is 9.10. The summed E-state index contributed by atoms with van der Waals surface area (Å²) in [6.07, 6.45) is 4.91. The molecule has 15 heavy (non-hydrogen) atoms. The average molecular weight is 272 g/mol. The first-order valence-electron chi connectivity index (χ1n) is 5.29. The second-order valence-electron chi connectivity index (χ2n) is 3.70. The molecule has 0 aliphatic rings. The first kappa shape index (κ1) is 12.5. The van der Waals surface area contributed by atoms with Gasteiger partial charge in [-0.1, -0.05) is 12.5 Å². The van der Waals surface area contributed by atoms with E-state index in [0.717, 1.165) is 23.2 Å². The summed E-state index contributed by atoms with van der Waals surface area (Å²) in [7, 11) is 0. The zero-order valence-electron chi connectivity index (χ0n) is 9.51. The molecule has 1 heterocycles. The minimum Gasteiger partial charge on any atom is -0.464 e. The fourth-order valence-electron chi connectivity index (χ4n) is 1.26. The van der Waals surface area contributed by atoms with E-state index in [4.69, 9.17) is 4.42 Å². The Morgan fingerprint density at radius 2 is 2.40 bits per heavy atom. The average Bonchev–Trinajstić information content (AvgIpc) is 2.61. The molecule has 1 aromatic rings. The quantitative estimate of drug-likeness (QED) is 0.881. The van der Waals surface area contributed by atoms with Crippen LogP contribution in [0.4, 0.5) is 0 Å². The number of furan rings is 1. The van der Waals surface area contributed by atoms with Gasteiger partial charge < -0.3 is 9.73 Å². The minimum atomic E-state index is 0.391. The highest BCUT2D eigenvalue weighted by atomic mass is 79.9. The van der Waals surface area contributed by atoms with Crippen molar-refractivity contribution in [1.29, 1.82) is 0 Å². The third kappa shape index (κ3) is 3.84. The molecular formula is C12H18BrNO. The molecular weight excluding hydrogens is 254 g/mol.